The van der Waals surface area contributed by atoms with Crippen molar-refractivity contribution in [3.63, 3.8) is 0 Å². The Hall–Kier alpha value is -0.910. The van der Waals surface area contributed by atoms with Crippen molar-refractivity contribution in [2.24, 2.45) is 0 Å². The molecule has 2 heterocycles. The smallest absolute Gasteiger partial charge is 0.253 e. The summed E-state index contributed by atoms with van der Waals surface area (Å²) in [5, 5.41) is 0. The lowest BCUT2D eigenvalue weighted by Gasteiger charge is -2.48. The lowest BCUT2D eigenvalue weighted by Crippen LogP contribution is -2.64. The first kappa shape index (κ1) is 15.0. The van der Waals surface area contributed by atoms with Gasteiger partial charge in [-0.3, -0.25) is 9.69 Å². The van der Waals surface area contributed by atoms with Crippen LogP contribution in [0.25, 0.3) is 0 Å². The van der Waals surface area contributed by atoms with Gasteiger partial charge in [0, 0.05) is 55.3 Å². The number of halogens is 1. The van der Waals surface area contributed by atoms with Crippen LogP contribution in [0.1, 0.15) is 17.3 Å². The van der Waals surface area contributed by atoms with Crippen LogP contribution in [0.3, 0.4) is 0 Å². The monoisotopic (exact) mass is 351 g/mol. The highest BCUT2D eigenvalue weighted by molar-refractivity contribution is 9.10. The van der Waals surface area contributed by atoms with Gasteiger partial charge in [-0.15, -0.1) is 0 Å². The first-order chi connectivity index (χ1) is 10.2. The Morgan fingerprint density at radius 2 is 1.76 bits per heavy atom. The molecular formula is C16H22BrN3O. The van der Waals surface area contributed by atoms with E-state index in [4.69, 9.17) is 0 Å². The molecule has 2 fully saturated rings. The molecule has 0 aliphatic carbocycles. The SMILES string of the molecule is CCN1CCN(C2CN(C(=O)c3ccc(Br)cc3)C2)CC1. The van der Waals surface area contributed by atoms with Crippen LogP contribution in [0.15, 0.2) is 28.7 Å². The van der Waals surface area contributed by atoms with Gasteiger partial charge in [-0.2, -0.15) is 0 Å². The average Bonchev–Trinajstić information content (AvgIpc) is 2.47. The van der Waals surface area contributed by atoms with Crippen LogP contribution in [0.4, 0.5) is 0 Å². The molecule has 114 valence electrons. The van der Waals surface area contributed by atoms with Crippen LogP contribution >= 0.6 is 15.9 Å². The van der Waals surface area contributed by atoms with E-state index in [9.17, 15) is 4.79 Å². The number of hydrogen-bond acceptors (Lipinski definition) is 3. The van der Waals surface area contributed by atoms with Crippen LogP contribution in [-0.2, 0) is 0 Å². The van der Waals surface area contributed by atoms with E-state index in [1.54, 1.807) is 0 Å². The highest BCUT2D eigenvalue weighted by Crippen LogP contribution is 2.20. The van der Waals surface area contributed by atoms with Crippen molar-refractivity contribution in [2.45, 2.75) is 13.0 Å². The Morgan fingerprint density at radius 3 is 2.33 bits per heavy atom. The van der Waals surface area contributed by atoms with Gasteiger partial charge in [-0.05, 0) is 30.8 Å². The number of carbonyl (C=O) groups excluding carboxylic acids is 1. The normalized spacial score (nSPS) is 21.3. The van der Waals surface area contributed by atoms with Gasteiger partial charge in [-0.1, -0.05) is 22.9 Å². The number of rotatable bonds is 3. The Bertz CT molecular complexity index is 491. The van der Waals surface area contributed by atoms with Gasteiger partial charge in [0.15, 0.2) is 0 Å². The molecule has 0 spiro atoms. The maximum absolute atomic E-state index is 12.3. The molecule has 0 saturated carbocycles. The molecule has 2 aliphatic rings. The second kappa shape index (κ2) is 6.46. The molecule has 0 radical (unpaired) electrons. The molecule has 5 heteroatoms. The third-order valence-electron chi connectivity index (χ3n) is 4.61. The number of likely N-dealkylation sites (N-methyl/N-ethyl adjacent to an activating group) is 1. The summed E-state index contributed by atoms with van der Waals surface area (Å²) in [6.45, 7) is 9.71. The van der Waals surface area contributed by atoms with Crippen LogP contribution in [0, 0.1) is 0 Å². The van der Waals surface area contributed by atoms with E-state index in [1.165, 1.54) is 0 Å². The first-order valence-electron chi connectivity index (χ1n) is 7.68. The van der Waals surface area contributed by atoms with Crippen LogP contribution < -0.4 is 0 Å². The van der Waals surface area contributed by atoms with Crippen molar-refractivity contribution >= 4 is 21.8 Å². The van der Waals surface area contributed by atoms with Gasteiger partial charge in [-0.25, -0.2) is 0 Å². The number of amides is 1. The standard InChI is InChI=1S/C16H22BrN3O/c1-2-18-7-9-19(10-8-18)15-11-20(12-15)16(21)13-3-5-14(17)6-4-13/h3-6,15H,2,7-12H2,1H3. The average molecular weight is 352 g/mol. The quantitative estimate of drug-likeness (QED) is 0.832. The number of piperazine rings is 1. The number of likely N-dealkylation sites (tertiary alicyclic amines) is 1. The van der Waals surface area contributed by atoms with E-state index in [0.717, 1.165) is 55.8 Å². The van der Waals surface area contributed by atoms with Crippen molar-refractivity contribution < 1.29 is 4.79 Å². The molecule has 0 bridgehead atoms. The molecular weight excluding hydrogens is 330 g/mol. The predicted octanol–water partition coefficient (Wildman–Crippen LogP) is 1.91. The summed E-state index contributed by atoms with van der Waals surface area (Å²) in [5.74, 6) is 0.158. The molecule has 0 N–H and O–H groups in total. The predicted molar refractivity (Wildman–Crippen MR) is 87.5 cm³/mol. The Kier molecular flexibility index (Phi) is 4.62. The molecule has 1 aromatic rings. The molecule has 0 atom stereocenters. The molecule has 21 heavy (non-hydrogen) atoms. The summed E-state index contributed by atoms with van der Waals surface area (Å²) in [7, 11) is 0. The molecule has 3 rings (SSSR count). The first-order valence-corrected chi connectivity index (χ1v) is 8.48. The summed E-state index contributed by atoms with van der Waals surface area (Å²) in [6, 6.07) is 8.19. The summed E-state index contributed by atoms with van der Waals surface area (Å²) in [5.41, 5.74) is 0.785. The zero-order valence-corrected chi connectivity index (χ0v) is 14.1. The van der Waals surface area contributed by atoms with E-state index < -0.39 is 0 Å². The summed E-state index contributed by atoms with van der Waals surface area (Å²) >= 11 is 3.40. The third kappa shape index (κ3) is 3.30. The van der Waals surface area contributed by atoms with E-state index in [1.807, 2.05) is 29.2 Å². The number of carbonyl (C=O) groups is 1. The fourth-order valence-corrected chi connectivity index (χ4v) is 3.34. The molecule has 4 nitrogen and oxygen atoms in total. The minimum Gasteiger partial charge on any atom is -0.335 e. The number of benzene rings is 1. The number of nitrogens with zero attached hydrogens (tertiary/aromatic N) is 3. The van der Waals surface area contributed by atoms with E-state index in [2.05, 4.69) is 32.7 Å². The number of hydrogen-bond donors (Lipinski definition) is 0. The third-order valence-corrected chi connectivity index (χ3v) is 5.14. The summed E-state index contributed by atoms with van der Waals surface area (Å²) in [6.07, 6.45) is 0. The van der Waals surface area contributed by atoms with Crippen molar-refractivity contribution in [1.82, 2.24) is 14.7 Å². The molecule has 1 amide bonds. The minimum atomic E-state index is 0.158. The van der Waals surface area contributed by atoms with Gasteiger partial charge in [0.05, 0.1) is 0 Å². The fourth-order valence-electron chi connectivity index (χ4n) is 3.07. The van der Waals surface area contributed by atoms with Gasteiger partial charge < -0.3 is 9.80 Å². The van der Waals surface area contributed by atoms with Crippen molar-refractivity contribution in [3.8, 4) is 0 Å². The van der Waals surface area contributed by atoms with Crippen molar-refractivity contribution in [3.05, 3.63) is 34.3 Å². The lowest BCUT2D eigenvalue weighted by molar-refractivity contribution is 0.00840. The van der Waals surface area contributed by atoms with Crippen LogP contribution in [-0.4, -0.2) is 72.5 Å². The zero-order valence-electron chi connectivity index (χ0n) is 12.5. The maximum atomic E-state index is 12.3. The Labute approximate surface area is 134 Å². The summed E-state index contributed by atoms with van der Waals surface area (Å²) in [4.78, 5) is 19.3. The van der Waals surface area contributed by atoms with Gasteiger partial charge in [0.2, 0.25) is 0 Å². The highest BCUT2D eigenvalue weighted by Gasteiger charge is 2.36. The molecule has 2 aliphatic heterocycles. The Morgan fingerprint density at radius 1 is 1.14 bits per heavy atom. The van der Waals surface area contributed by atoms with Crippen molar-refractivity contribution in [1.29, 1.82) is 0 Å². The molecule has 0 aromatic heterocycles. The topological polar surface area (TPSA) is 26.8 Å². The van der Waals surface area contributed by atoms with Crippen LogP contribution in [0.2, 0.25) is 0 Å². The fraction of sp³-hybridized carbons (Fsp3) is 0.562. The molecule has 0 unspecified atom stereocenters. The van der Waals surface area contributed by atoms with E-state index in [-0.39, 0.29) is 5.91 Å². The van der Waals surface area contributed by atoms with Gasteiger partial charge in [0.25, 0.3) is 5.91 Å². The second-order valence-corrected chi connectivity index (χ2v) is 6.76. The van der Waals surface area contributed by atoms with Crippen molar-refractivity contribution in [2.75, 3.05) is 45.8 Å². The van der Waals surface area contributed by atoms with E-state index in [0.29, 0.717) is 6.04 Å². The van der Waals surface area contributed by atoms with E-state index >= 15 is 0 Å². The second-order valence-electron chi connectivity index (χ2n) is 5.84. The highest BCUT2D eigenvalue weighted by atomic mass is 79.9. The maximum Gasteiger partial charge on any atom is 0.253 e. The van der Waals surface area contributed by atoms with Gasteiger partial charge in [0.1, 0.15) is 0 Å². The minimum absolute atomic E-state index is 0.158. The lowest BCUT2D eigenvalue weighted by atomic mass is 10.0. The summed E-state index contributed by atoms with van der Waals surface area (Å²) < 4.78 is 1.01. The largest absolute Gasteiger partial charge is 0.335 e. The Balaban J connectivity index is 1.49. The van der Waals surface area contributed by atoms with Crippen LogP contribution in [0.5, 0.6) is 0 Å². The molecule has 1 aromatic carbocycles. The van der Waals surface area contributed by atoms with Gasteiger partial charge >= 0.3 is 0 Å². The molecule has 2 saturated heterocycles. The zero-order chi connectivity index (χ0) is 14.8.